The molecule has 0 bridgehead atoms. The summed E-state index contributed by atoms with van der Waals surface area (Å²) in [6.07, 6.45) is 1.65. The van der Waals surface area contributed by atoms with E-state index in [1.807, 2.05) is 42.5 Å². The highest BCUT2D eigenvalue weighted by Crippen LogP contribution is 2.22. The van der Waals surface area contributed by atoms with Crippen molar-refractivity contribution < 1.29 is 9.21 Å². The van der Waals surface area contributed by atoms with Gasteiger partial charge in [0.1, 0.15) is 5.82 Å². The van der Waals surface area contributed by atoms with Crippen LogP contribution in [0.15, 0.2) is 57.7 Å². The minimum atomic E-state index is -0.392. The van der Waals surface area contributed by atoms with E-state index in [-0.39, 0.29) is 11.9 Å². The standard InChI is InChI=1S/C23H26N4O3/c1-15(2)14-18(22-25-16-8-3-4-9-17(16)26-22)24-21(28)12-7-13-27-19-10-5-6-11-20(19)30-23(27)29/h3-6,8-11,15,18H,7,12-14H2,1-2H3,(H,24,28)(H,25,26)/t18-/m0/s1. The lowest BCUT2D eigenvalue weighted by Crippen LogP contribution is -2.30. The highest BCUT2D eigenvalue weighted by atomic mass is 16.4. The van der Waals surface area contributed by atoms with Gasteiger partial charge >= 0.3 is 5.76 Å². The van der Waals surface area contributed by atoms with Crippen LogP contribution in [0.5, 0.6) is 0 Å². The molecule has 2 heterocycles. The summed E-state index contributed by atoms with van der Waals surface area (Å²) in [4.78, 5) is 32.7. The third-order valence-corrected chi connectivity index (χ3v) is 5.14. The highest BCUT2D eigenvalue weighted by Gasteiger charge is 2.20. The third-order valence-electron chi connectivity index (χ3n) is 5.14. The minimum Gasteiger partial charge on any atom is -0.408 e. The molecule has 2 aromatic carbocycles. The van der Waals surface area contributed by atoms with Crippen LogP contribution >= 0.6 is 0 Å². The predicted octanol–water partition coefficient (Wildman–Crippen LogP) is 4.15. The van der Waals surface area contributed by atoms with Crippen molar-refractivity contribution in [2.45, 2.75) is 45.7 Å². The number of carbonyl (C=O) groups excluding carboxylic acids is 1. The molecule has 0 radical (unpaired) electrons. The molecule has 0 aliphatic rings. The van der Waals surface area contributed by atoms with E-state index in [1.54, 1.807) is 10.6 Å². The molecule has 156 valence electrons. The van der Waals surface area contributed by atoms with Crippen molar-refractivity contribution in [1.29, 1.82) is 0 Å². The second kappa shape index (κ2) is 8.57. The van der Waals surface area contributed by atoms with Gasteiger partial charge in [0.2, 0.25) is 5.91 Å². The molecule has 2 N–H and O–H groups in total. The number of imidazole rings is 1. The van der Waals surface area contributed by atoms with Crippen LogP contribution in [0.4, 0.5) is 0 Å². The minimum absolute atomic E-state index is 0.0537. The van der Waals surface area contributed by atoms with Gasteiger partial charge in [0, 0.05) is 13.0 Å². The van der Waals surface area contributed by atoms with Crippen LogP contribution in [0.1, 0.15) is 45.0 Å². The second-order valence-electron chi connectivity index (χ2n) is 7.98. The van der Waals surface area contributed by atoms with E-state index in [2.05, 4.69) is 29.1 Å². The maximum atomic E-state index is 12.6. The molecule has 0 aliphatic carbocycles. The highest BCUT2D eigenvalue weighted by molar-refractivity contribution is 5.77. The molecule has 0 fully saturated rings. The number of aromatic nitrogens is 3. The Balaban J connectivity index is 1.41. The molecule has 1 amide bonds. The molecule has 0 aliphatic heterocycles. The summed E-state index contributed by atoms with van der Waals surface area (Å²) >= 11 is 0. The van der Waals surface area contributed by atoms with Gasteiger partial charge in [-0.2, -0.15) is 0 Å². The van der Waals surface area contributed by atoms with Crippen LogP contribution < -0.4 is 11.1 Å². The van der Waals surface area contributed by atoms with Crippen molar-refractivity contribution in [3.05, 3.63) is 64.9 Å². The average Bonchev–Trinajstić information content (AvgIpc) is 3.28. The molecule has 1 atom stereocenters. The number of aromatic amines is 1. The summed E-state index contributed by atoms with van der Waals surface area (Å²) in [6.45, 7) is 4.68. The lowest BCUT2D eigenvalue weighted by Gasteiger charge is -2.18. The topological polar surface area (TPSA) is 92.9 Å². The van der Waals surface area contributed by atoms with E-state index in [0.717, 1.165) is 28.8 Å². The second-order valence-corrected chi connectivity index (χ2v) is 7.98. The molecule has 4 rings (SSSR count). The van der Waals surface area contributed by atoms with Gasteiger partial charge in [-0.3, -0.25) is 9.36 Å². The van der Waals surface area contributed by atoms with Crippen molar-refractivity contribution in [3.8, 4) is 0 Å². The van der Waals surface area contributed by atoms with Gasteiger partial charge in [0.05, 0.1) is 22.6 Å². The predicted molar refractivity (Wildman–Crippen MR) is 116 cm³/mol. The van der Waals surface area contributed by atoms with Crippen LogP contribution in [0.3, 0.4) is 0 Å². The fraction of sp³-hybridized carbons (Fsp3) is 0.348. The molecular weight excluding hydrogens is 380 g/mol. The number of oxazole rings is 1. The number of para-hydroxylation sites is 4. The van der Waals surface area contributed by atoms with Crippen molar-refractivity contribution in [3.63, 3.8) is 0 Å². The van der Waals surface area contributed by atoms with Gasteiger partial charge in [-0.15, -0.1) is 0 Å². The average molecular weight is 406 g/mol. The molecular formula is C23H26N4O3. The first-order valence-corrected chi connectivity index (χ1v) is 10.3. The Morgan fingerprint density at radius 2 is 1.93 bits per heavy atom. The third kappa shape index (κ3) is 4.30. The number of fused-ring (bicyclic) bond motifs is 2. The van der Waals surface area contributed by atoms with Gasteiger partial charge < -0.3 is 14.7 Å². The van der Waals surface area contributed by atoms with Crippen LogP contribution in [0.2, 0.25) is 0 Å². The molecule has 7 nitrogen and oxygen atoms in total. The van der Waals surface area contributed by atoms with Gasteiger partial charge in [0.15, 0.2) is 5.58 Å². The Morgan fingerprint density at radius 3 is 2.73 bits per heavy atom. The van der Waals surface area contributed by atoms with E-state index in [4.69, 9.17) is 4.42 Å². The number of benzene rings is 2. The lowest BCUT2D eigenvalue weighted by molar-refractivity contribution is -0.122. The maximum Gasteiger partial charge on any atom is 0.419 e. The maximum absolute atomic E-state index is 12.6. The quantitative estimate of drug-likeness (QED) is 0.460. The van der Waals surface area contributed by atoms with E-state index in [9.17, 15) is 9.59 Å². The zero-order valence-electron chi connectivity index (χ0n) is 17.2. The number of aryl methyl sites for hydroxylation is 1. The largest absolute Gasteiger partial charge is 0.419 e. The Labute approximate surface area is 174 Å². The van der Waals surface area contributed by atoms with Gasteiger partial charge in [-0.25, -0.2) is 9.78 Å². The van der Waals surface area contributed by atoms with Crippen LogP contribution in [-0.4, -0.2) is 20.4 Å². The van der Waals surface area contributed by atoms with Crippen molar-refractivity contribution in [2.24, 2.45) is 5.92 Å². The number of amides is 1. The normalized spacial score (nSPS) is 12.6. The Hall–Kier alpha value is -3.35. The fourth-order valence-corrected chi connectivity index (χ4v) is 3.74. The number of rotatable bonds is 8. The van der Waals surface area contributed by atoms with Crippen LogP contribution in [0, 0.1) is 5.92 Å². The van der Waals surface area contributed by atoms with Crippen molar-refractivity contribution >= 4 is 28.0 Å². The van der Waals surface area contributed by atoms with Crippen LogP contribution in [-0.2, 0) is 11.3 Å². The number of nitrogens with zero attached hydrogens (tertiary/aromatic N) is 2. The van der Waals surface area contributed by atoms with Gasteiger partial charge in [-0.05, 0) is 43.0 Å². The summed E-state index contributed by atoms with van der Waals surface area (Å²) in [5.41, 5.74) is 3.17. The van der Waals surface area contributed by atoms with Crippen molar-refractivity contribution in [2.75, 3.05) is 0 Å². The Morgan fingerprint density at radius 1 is 1.17 bits per heavy atom. The number of nitrogens with one attached hydrogen (secondary N) is 2. The van der Waals surface area contributed by atoms with Gasteiger partial charge in [0.25, 0.3) is 0 Å². The smallest absolute Gasteiger partial charge is 0.408 e. The monoisotopic (exact) mass is 406 g/mol. The zero-order chi connectivity index (χ0) is 21.1. The van der Waals surface area contributed by atoms with E-state index in [0.29, 0.717) is 30.9 Å². The summed E-state index contributed by atoms with van der Waals surface area (Å²) in [7, 11) is 0. The van der Waals surface area contributed by atoms with E-state index >= 15 is 0 Å². The number of hydrogen-bond acceptors (Lipinski definition) is 4. The van der Waals surface area contributed by atoms with Crippen LogP contribution in [0.25, 0.3) is 22.1 Å². The molecule has 4 aromatic rings. The number of carbonyl (C=O) groups is 1. The summed E-state index contributed by atoms with van der Waals surface area (Å²) in [5.74, 6) is 0.730. The molecule has 2 aromatic heterocycles. The first-order chi connectivity index (χ1) is 14.5. The zero-order valence-corrected chi connectivity index (χ0v) is 17.2. The number of hydrogen-bond donors (Lipinski definition) is 2. The first-order valence-electron chi connectivity index (χ1n) is 10.3. The van der Waals surface area contributed by atoms with E-state index < -0.39 is 5.76 Å². The molecule has 7 heteroatoms. The van der Waals surface area contributed by atoms with Gasteiger partial charge in [-0.1, -0.05) is 38.1 Å². The SMILES string of the molecule is CC(C)C[C@H](NC(=O)CCCn1c(=O)oc2ccccc21)c1nc2ccccc2[nH]1. The lowest BCUT2D eigenvalue weighted by atomic mass is 10.0. The van der Waals surface area contributed by atoms with Crippen molar-refractivity contribution in [1.82, 2.24) is 19.9 Å². The summed E-state index contributed by atoms with van der Waals surface area (Å²) in [6, 6.07) is 15.0. The van der Waals surface area contributed by atoms with E-state index in [1.165, 1.54) is 0 Å². The molecule has 30 heavy (non-hydrogen) atoms. The molecule has 0 saturated heterocycles. The molecule has 0 unspecified atom stereocenters. The first kappa shape index (κ1) is 19.9. The Bertz CT molecular complexity index is 1180. The summed E-state index contributed by atoms with van der Waals surface area (Å²) < 4.78 is 6.82. The Kier molecular flexibility index (Phi) is 5.70. The molecule has 0 spiro atoms. The fourth-order valence-electron chi connectivity index (χ4n) is 3.74. The molecule has 0 saturated carbocycles. The summed E-state index contributed by atoms with van der Waals surface area (Å²) in [5, 5.41) is 3.11. The number of H-pyrrole nitrogens is 1.